The molecular formula is C22H24N4O. The third kappa shape index (κ3) is 2.79. The Kier molecular flexibility index (Phi) is 3.90. The van der Waals surface area contributed by atoms with Crippen LogP contribution in [0.1, 0.15) is 23.0 Å². The number of fused-ring (bicyclic) bond motifs is 3. The van der Waals surface area contributed by atoms with Crippen LogP contribution in [0, 0.1) is 13.8 Å². The summed E-state index contributed by atoms with van der Waals surface area (Å²) in [6.45, 7) is 7.73. The van der Waals surface area contributed by atoms with E-state index in [1.807, 2.05) is 0 Å². The molecular weight excluding hydrogens is 336 g/mol. The summed E-state index contributed by atoms with van der Waals surface area (Å²) in [6.07, 6.45) is 0.000962. The number of ether oxygens (including phenoxy) is 1. The largest absolute Gasteiger partial charge is 0.378 e. The highest BCUT2D eigenvalue weighted by Crippen LogP contribution is 2.40. The smallest absolute Gasteiger partial charge is 0.147 e. The van der Waals surface area contributed by atoms with Crippen LogP contribution in [0.25, 0.3) is 11.3 Å². The fourth-order valence-corrected chi connectivity index (χ4v) is 4.10. The van der Waals surface area contributed by atoms with Crippen LogP contribution >= 0.6 is 0 Å². The van der Waals surface area contributed by atoms with Gasteiger partial charge in [0, 0.05) is 30.0 Å². The Balaban J connectivity index is 1.52. The highest BCUT2D eigenvalue weighted by Gasteiger charge is 2.27. The molecule has 5 heteroatoms. The first-order chi connectivity index (χ1) is 13.2. The Labute approximate surface area is 159 Å². The Hall–Kier alpha value is -2.79. The minimum absolute atomic E-state index is 0.000962. The van der Waals surface area contributed by atoms with Crippen molar-refractivity contribution in [3.63, 3.8) is 0 Å². The van der Waals surface area contributed by atoms with Gasteiger partial charge in [-0.15, -0.1) is 0 Å². The van der Waals surface area contributed by atoms with Gasteiger partial charge in [0.1, 0.15) is 6.17 Å². The number of aryl methyl sites for hydroxylation is 2. The second-order valence-electron chi connectivity index (χ2n) is 7.35. The van der Waals surface area contributed by atoms with Crippen LogP contribution in [0.3, 0.4) is 0 Å². The Bertz CT molecular complexity index is 970. The van der Waals surface area contributed by atoms with Gasteiger partial charge in [0.15, 0.2) is 0 Å². The molecule has 1 saturated heterocycles. The zero-order valence-corrected chi connectivity index (χ0v) is 15.8. The summed E-state index contributed by atoms with van der Waals surface area (Å²) in [4.78, 5) is 2.38. The van der Waals surface area contributed by atoms with E-state index in [1.54, 1.807) is 0 Å². The van der Waals surface area contributed by atoms with E-state index in [-0.39, 0.29) is 6.17 Å². The average molecular weight is 360 g/mol. The number of aromatic nitrogens is 2. The number of morpholine rings is 1. The maximum Gasteiger partial charge on any atom is 0.147 e. The second-order valence-corrected chi connectivity index (χ2v) is 7.35. The van der Waals surface area contributed by atoms with E-state index >= 15 is 0 Å². The minimum atomic E-state index is 0.000962. The van der Waals surface area contributed by atoms with Crippen molar-refractivity contribution < 1.29 is 4.74 Å². The van der Waals surface area contributed by atoms with Crippen LogP contribution < -0.4 is 10.2 Å². The Morgan fingerprint density at radius 1 is 1.04 bits per heavy atom. The van der Waals surface area contributed by atoms with Crippen LogP contribution in [0.4, 0.5) is 11.4 Å². The molecule has 0 spiro atoms. The van der Waals surface area contributed by atoms with Crippen molar-refractivity contribution >= 4 is 11.4 Å². The third-order valence-electron chi connectivity index (χ3n) is 5.52. The van der Waals surface area contributed by atoms with E-state index < -0.39 is 0 Å². The lowest BCUT2D eigenvalue weighted by Crippen LogP contribution is -2.36. The molecule has 3 aromatic rings. The molecule has 1 fully saturated rings. The summed E-state index contributed by atoms with van der Waals surface area (Å²) in [5, 5.41) is 8.49. The van der Waals surface area contributed by atoms with Crippen LogP contribution in [0.5, 0.6) is 0 Å². The first kappa shape index (κ1) is 16.4. The van der Waals surface area contributed by atoms with Gasteiger partial charge in [0.2, 0.25) is 0 Å². The monoisotopic (exact) mass is 360 g/mol. The average Bonchev–Trinajstić information content (AvgIpc) is 3.10. The fraction of sp³-hybridized carbons (Fsp3) is 0.318. The fourth-order valence-electron chi connectivity index (χ4n) is 4.10. The predicted octanol–water partition coefficient (Wildman–Crippen LogP) is 3.98. The van der Waals surface area contributed by atoms with Crippen molar-refractivity contribution in [3.8, 4) is 11.3 Å². The van der Waals surface area contributed by atoms with Crippen molar-refractivity contribution in [1.82, 2.24) is 9.78 Å². The van der Waals surface area contributed by atoms with Crippen LogP contribution in [0.15, 0.2) is 48.5 Å². The van der Waals surface area contributed by atoms with Crippen molar-refractivity contribution in [3.05, 3.63) is 65.4 Å². The quantitative estimate of drug-likeness (QED) is 0.751. The van der Waals surface area contributed by atoms with Crippen molar-refractivity contribution in [2.75, 3.05) is 36.5 Å². The number of rotatable bonds is 2. The molecule has 2 aliphatic rings. The molecule has 0 radical (unpaired) electrons. The highest BCUT2D eigenvalue weighted by molar-refractivity contribution is 5.81. The van der Waals surface area contributed by atoms with E-state index in [9.17, 15) is 0 Å². The van der Waals surface area contributed by atoms with Gasteiger partial charge in [-0.1, -0.05) is 30.3 Å². The summed E-state index contributed by atoms with van der Waals surface area (Å²) < 4.78 is 7.57. The predicted molar refractivity (Wildman–Crippen MR) is 108 cm³/mol. The molecule has 2 aromatic carbocycles. The number of anilines is 2. The van der Waals surface area contributed by atoms with Gasteiger partial charge in [0.05, 0.1) is 24.6 Å². The summed E-state index contributed by atoms with van der Waals surface area (Å²) >= 11 is 0. The number of nitrogens with one attached hydrogen (secondary N) is 1. The van der Waals surface area contributed by atoms with Crippen LogP contribution in [-0.4, -0.2) is 36.1 Å². The standard InChI is InChI=1S/C22H24N4O/c1-15-4-3-5-19-20-14-16(2)24-26(20)22(23-21(15)19)17-6-8-18(9-7-17)25-10-12-27-13-11-25/h3-9,14,22-23H,10-13H2,1-2H3. The SMILES string of the molecule is Cc1cc2n(n1)C(c1ccc(N3CCOCC3)cc1)Nc1c(C)cccc1-2. The summed E-state index contributed by atoms with van der Waals surface area (Å²) in [6, 6.07) is 17.5. The first-order valence-electron chi connectivity index (χ1n) is 9.56. The van der Waals surface area contributed by atoms with E-state index in [4.69, 9.17) is 9.84 Å². The molecule has 0 aliphatic carbocycles. The number of para-hydroxylation sites is 1. The summed E-state index contributed by atoms with van der Waals surface area (Å²) in [5.74, 6) is 0. The van der Waals surface area contributed by atoms with Gasteiger partial charge in [-0.05, 0) is 43.2 Å². The van der Waals surface area contributed by atoms with Gasteiger partial charge < -0.3 is 15.0 Å². The van der Waals surface area contributed by atoms with Crippen molar-refractivity contribution in [2.24, 2.45) is 0 Å². The van der Waals surface area contributed by atoms with E-state index in [1.165, 1.54) is 33.8 Å². The molecule has 0 bridgehead atoms. The molecule has 0 saturated carbocycles. The number of hydrogen-bond donors (Lipinski definition) is 1. The molecule has 1 aromatic heterocycles. The van der Waals surface area contributed by atoms with E-state index in [0.717, 1.165) is 32.0 Å². The molecule has 1 atom stereocenters. The normalized spacial score (nSPS) is 18.6. The number of nitrogens with zero attached hydrogens (tertiary/aromatic N) is 3. The number of benzene rings is 2. The summed E-state index contributed by atoms with van der Waals surface area (Å²) in [5.41, 5.74) is 8.36. The van der Waals surface area contributed by atoms with Crippen molar-refractivity contribution in [1.29, 1.82) is 0 Å². The molecule has 27 heavy (non-hydrogen) atoms. The highest BCUT2D eigenvalue weighted by atomic mass is 16.5. The van der Waals surface area contributed by atoms with Gasteiger partial charge in [-0.2, -0.15) is 5.10 Å². The lowest BCUT2D eigenvalue weighted by molar-refractivity contribution is 0.122. The van der Waals surface area contributed by atoms with Crippen molar-refractivity contribution in [2.45, 2.75) is 20.0 Å². The first-order valence-corrected chi connectivity index (χ1v) is 9.56. The Morgan fingerprint density at radius 3 is 2.59 bits per heavy atom. The minimum Gasteiger partial charge on any atom is -0.378 e. The topological polar surface area (TPSA) is 42.3 Å². The molecule has 5 nitrogen and oxygen atoms in total. The molecule has 138 valence electrons. The molecule has 5 rings (SSSR count). The molecule has 2 aliphatic heterocycles. The molecule has 0 amide bonds. The maximum atomic E-state index is 5.46. The van der Waals surface area contributed by atoms with Gasteiger partial charge in [0.25, 0.3) is 0 Å². The van der Waals surface area contributed by atoms with Gasteiger partial charge >= 0.3 is 0 Å². The zero-order valence-electron chi connectivity index (χ0n) is 15.8. The third-order valence-corrected chi connectivity index (χ3v) is 5.52. The number of hydrogen-bond acceptors (Lipinski definition) is 4. The van der Waals surface area contributed by atoms with Gasteiger partial charge in [-0.25, -0.2) is 4.68 Å². The van der Waals surface area contributed by atoms with E-state index in [2.05, 4.69) is 77.3 Å². The van der Waals surface area contributed by atoms with Crippen LogP contribution in [-0.2, 0) is 4.74 Å². The Morgan fingerprint density at radius 2 is 1.81 bits per heavy atom. The molecule has 3 heterocycles. The van der Waals surface area contributed by atoms with E-state index in [0.29, 0.717) is 0 Å². The molecule has 1 unspecified atom stereocenters. The zero-order chi connectivity index (χ0) is 18.4. The lowest BCUT2D eigenvalue weighted by atomic mass is 10.0. The summed E-state index contributed by atoms with van der Waals surface area (Å²) in [7, 11) is 0. The lowest BCUT2D eigenvalue weighted by Gasteiger charge is -2.31. The van der Waals surface area contributed by atoms with Crippen LogP contribution in [0.2, 0.25) is 0 Å². The second kappa shape index (κ2) is 6.43. The molecule has 1 N–H and O–H groups in total. The van der Waals surface area contributed by atoms with Gasteiger partial charge in [-0.3, -0.25) is 0 Å². The maximum absolute atomic E-state index is 5.46.